The molecule has 0 saturated carbocycles. The molecule has 0 fully saturated rings. The van der Waals surface area contributed by atoms with E-state index in [4.69, 9.17) is 0 Å². The monoisotopic (exact) mass is 282 g/mol. The molecule has 1 atom stereocenters. The average Bonchev–Trinajstić information content (AvgIpc) is 2.37. The highest BCUT2D eigenvalue weighted by molar-refractivity contribution is 7.81. The Morgan fingerprint density at radius 3 is 2.32 bits per heavy atom. The number of rotatable bonds is 3. The summed E-state index contributed by atoms with van der Waals surface area (Å²) in [6, 6.07) is 9.96. The third-order valence-electron chi connectivity index (χ3n) is 2.63. The molecule has 6 heteroatoms. The number of anilines is 2. The van der Waals surface area contributed by atoms with E-state index in [2.05, 4.69) is 0 Å². The third kappa shape index (κ3) is 2.64. The molecule has 0 bridgehead atoms. The van der Waals surface area contributed by atoms with Crippen LogP contribution in [0.3, 0.4) is 0 Å². The molecular weight excluding hydrogens is 272 g/mol. The van der Waals surface area contributed by atoms with Crippen molar-refractivity contribution >= 4 is 22.6 Å². The van der Waals surface area contributed by atoms with Crippen LogP contribution < -0.4 is 4.31 Å². The molecule has 0 aliphatic carbocycles. The van der Waals surface area contributed by atoms with Gasteiger partial charge in [-0.3, -0.25) is 8.51 Å². The third-order valence-corrected chi connectivity index (χ3v) is 3.32. The van der Waals surface area contributed by atoms with Gasteiger partial charge >= 0.3 is 0 Å². The number of hydrogen-bond donors (Lipinski definition) is 0. The lowest BCUT2D eigenvalue weighted by atomic mass is 10.2. The number of hydrogen-bond acceptors (Lipinski definition) is 2. The van der Waals surface area contributed by atoms with Crippen molar-refractivity contribution in [1.82, 2.24) is 0 Å². The zero-order valence-corrected chi connectivity index (χ0v) is 10.8. The van der Waals surface area contributed by atoms with Crippen LogP contribution in [-0.4, -0.2) is 8.76 Å². The molecule has 0 radical (unpaired) electrons. The maximum atomic E-state index is 13.7. The van der Waals surface area contributed by atoms with Crippen LogP contribution in [0.2, 0.25) is 0 Å². The van der Waals surface area contributed by atoms with E-state index in [0.29, 0.717) is 5.56 Å². The van der Waals surface area contributed by atoms with Crippen LogP contribution in [0.25, 0.3) is 0 Å². The van der Waals surface area contributed by atoms with Crippen molar-refractivity contribution in [1.29, 1.82) is 0 Å². The van der Waals surface area contributed by atoms with Gasteiger partial charge in [0.2, 0.25) is 0 Å². The molecule has 0 aromatic heterocycles. The highest BCUT2D eigenvalue weighted by atomic mass is 32.2. The fraction of sp³-hybridized carbons (Fsp3) is 0.0769. The van der Waals surface area contributed by atoms with Gasteiger partial charge in [0.1, 0.15) is 0 Å². The van der Waals surface area contributed by atoms with Crippen LogP contribution >= 0.6 is 0 Å². The van der Waals surface area contributed by atoms with E-state index in [-0.39, 0.29) is 11.4 Å². The van der Waals surface area contributed by atoms with Gasteiger partial charge in [-0.1, -0.05) is 24.3 Å². The summed E-state index contributed by atoms with van der Waals surface area (Å²) in [6.45, 7) is 1.69. The molecule has 2 aromatic rings. The summed E-state index contributed by atoms with van der Waals surface area (Å²) in [5.74, 6) is -2.29. The molecule has 0 saturated heterocycles. The Hall–Kier alpha value is -1.79. The van der Waals surface area contributed by atoms with Crippen molar-refractivity contribution in [2.75, 3.05) is 4.31 Å². The number of nitrogens with zero attached hydrogens (tertiary/aromatic N) is 1. The Balaban J connectivity index is 2.62. The number of benzene rings is 2. The summed E-state index contributed by atoms with van der Waals surface area (Å²) in [4.78, 5) is 0. The fourth-order valence-corrected chi connectivity index (χ4v) is 2.40. The summed E-state index contributed by atoms with van der Waals surface area (Å²) in [6.07, 6.45) is 0. The predicted molar refractivity (Wildman–Crippen MR) is 68.6 cm³/mol. The quantitative estimate of drug-likeness (QED) is 0.811. The molecule has 0 aliphatic rings. The van der Waals surface area contributed by atoms with Gasteiger partial charge in [-0.25, -0.2) is 8.78 Å². The molecule has 100 valence electrons. The van der Waals surface area contributed by atoms with Crippen LogP contribution in [0, 0.1) is 18.6 Å². The van der Waals surface area contributed by atoms with Crippen LogP contribution in [0.4, 0.5) is 20.2 Å². The summed E-state index contributed by atoms with van der Waals surface area (Å²) >= 11 is -2.76. The normalized spacial score (nSPS) is 12.2. The second kappa shape index (κ2) is 5.46. The standard InChI is InChI=1S/C13H11F2NO2S/c1-9-5-2-3-7-11(9)16(19(17)18)12-8-4-6-10(14)13(12)15/h2-8H,1H3,(H,17,18)/p-1. The summed E-state index contributed by atoms with van der Waals surface area (Å²) in [7, 11) is 0. The van der Waals surface area contributed by atoms with E-state index < -0.39 is 22.9 Å². The molecule has 0 heterocycles. The average molecular weight is 282 g/mol. The lowest BCUT2D eigenvalue weighted by Crippen LogP contribution is -2.21. The summed E-state index contributed by atoms with van der Waals surface area (Å²) in [5.41, 5.74) is 0.568. The summed E-state index contributed by atoms with van der Waals surface area (Å²) in [5, 5.41) is 0. The van der Waals surface area contributed by atoms with E-state index in [1.54, 1.807) is 25.1 Å². The first-order chi connectivity index (χ1) is 9.02. The lowest BCUT2D eigenvalue weighted by Gasteiger charge is -2.28. The topological polar surface area (TPSA) is 43.4 Å². The maximum absolute atomic E-state index is 13.7. The molecule has 0 amide bonds. The SMILES string of the molecule is Cc1ccccc1N(c1cccc(F)c1F)S(=O)[O-]. The first-order valence-electron chi connectivity index (χ1n) is 5.41. The molecule has 0 N–H and O–H groups in total. The Kier molecular flexibility index (Phi) is 3.92. The van der Waals surface area contributed by atoms with Crippen LogP contribution in [-0.2, 0) is 11.3 Å². The highest BCUT2D eigenvalue weighted by Gasteiger charge is 2.18. The molecular formula is C13H10F2NO2S-. The van der Waals surface area contributed by atoms with Gasteiger partial charge in [-0.2, -0.15) is 0 Å². The summed E-state index contributed by atoms with van der Waals surface area (Å²) < 4.78 is 50.4. The van der Waals surface area contributed by atoms with E-state index in [1.807, 2.05) is 0 Å². The van der Waals surface area contributed by atoms with Gasteiger partial charge in [0.25, 0.3) is 0 Å². The fourth-order valence-electron chi connectivity index (χ4n) is 1.73. The molecule has 1 unspecified atom stereocenters. The van der Waals surface area contributed by atoms with E-state index in [9.17, 15) is 17.5 Å². The molecule has 0 aliphatic heterocycles. The zero-order valence-electron chi connectivity index (χ0n) is 9.97. The molecule has 2 aromatic carbocycles. The van der Waals surface area contributed by atoms with Crippen LogP contribution in [0.15, 0.2) is 42.5 Å². The Morgan fingerprint density at radius 2 is 1.68 bits per heavy atom. The molecule has 0 spiro atoms. The van der Waals surface area contributed by atoms with Gasteiger partial charge in [0.05, 0.1) is 22.6 Å². The Bertz CT molecular complexity index is 634. The second-order valence-electron chi connectivity index (χ2n) is 3.87. The number of para-hydroxylation sites is 1. The van der Waals surface area contributed by atoms with E-state index in [1.165, 1.54) is 18.2 Å². The largest absolute Gasteiger partial charge is 0.755 e. The van der Waals surface area contributed by atoms with Crippen molar-refractivity contribution in [3.8, 4) is 0 Å². The van der Waals surface area contributed by atoms with E-state index in [0.717, 1.165) is 10.4 Å². The Morgan fingerprint density at radius 1 is 1.05 bits per heavy atom. The van der Waals surface area contributed by atoms with Crippen molar-refractivity contribution in [3.63, 3.8) is 0 Å². The first-order valence-corrected chi connectivity index (χ1v) is 6.44. The van der Waals surface area contributed by atoms with Crippen molar-refractivity contribution in [2.24, 2.45) is 0 Å². The van der Waals surface area contributed by atoms with Gasteiger partial charge in [0.15, 0.2) is 11.6 Å². The Labute approximate surface area is 111 Å². The van der Waals surface area contributed by atoms with Gasteiger partial charge in [-0.15, -0.1) is 0 Å². The minimum atomic E-state index is -2.76. The zero-order chi connectivity index (χ0) is 14.0. The van der Waals surface area contributed by atoms with Crippen LogP contribution in [0.1, 0.15) is 5.56 Å². The minimum Gasteiger partial charge on any atom is -0.755 e. The first kappa shape index (κ1) is 13.6. The molecule has 2 rings (SSSR count). The van der Waals surface area contributed by atoms with Crippen molar-refractivity contribution in [2.45, 2.75) is 6.92 Å². The maximum Gasteiger partial charge on any atom is 0.183 e. The highest BCUT2D eigenvalue weighted by Crippen LogP contribution is 2.32. The molecule has 19 heavy (non-hydrogen) atoms. The lowest BCUT2D eigenvalue weighted by molar-refractivity contribution is 0.507. The van der Waals surface area contributed by atoms with Crippen molar-refractivity contribution in [3.05, 3.63) is 59.7 Å². The van der Waals surface area contributed by atoms with E-state index >= 15 is 0 Å². The van der Waals surface area contributed by atoms with Gasteiger partial charge in [-0.05, 0) is 30.7 Å². The number of halogens is 2. The predicted octanol–water partition coefficient (Wildman–Crippen LogP) is 3.21. The van der Waals surface area contributed by atoms with Crippen LogP contribution in [0.5, 0.6) is 0 Å². The smallest absolute Gasteiger partial charge is 0.183 e. The molecule has 3 nitrogen and oxygen atoms in total. The van der Waals surface area contributed by atoms with Crippen molar-refractivity contribution < 1.29 is 17.5 Å². The van der Waals surface area contributed by atoms with Gasteiger partial charge in [0, 0.05) is 0 Å². The van der Waals surface area contributed by atoms with Gasteiger partial charge < -0.3 is 4.55 Å². The minimum absolute atomic E-state index is 0.278. The second-order valence-corrected chi connectivity index (χ2v) is 4.67. The number of aryl methyl sites for hydroxylation is 1.